The SMILES string of the molecule is O=C(NC(C(=O)O)c1cccs1)C1CCCCC1. The first-order chi connectivity index (χ1) is 8.68. The Kier molecular flexibility index (Phi) is 4.36. The van der Waals surface area contributed by atoms with Crippen LogP contribution >= 0.6 is 11.3 Å². The summed E-state index contributed by atoms with van der Waals surface area (Å²) in [5.74, 6) is -1.13. The van der Waals surface area contributed by atoms with Gasteiger partial charge in [-0.1, -0.05) is 25.3 Å². The fourth-order valence-corrected chi connectivity index (χ4v) is 3.10. The van der Waals surface area contributed by atoms with Gasteiger partial charge in [-0.15, -0.1) is 11.3 Å². The summed E-state index contributed by atoms with van der Waals surface area (Å²) in [5.41, 5.74) is 0. The largest absolute Gasteiger partial charge is 0.479 e. The standard InChI is InChI=1S/C13H17NO3S/c15-12(9-5-2-1-3-6-9)14-11(13(16)17)10-7-4-8-18-10/h4,7-9,11H,1-3,5-6H2,(H,14,15)(H,16,17). The first-order valence-electron chi connectivity index (χ1n) is 6.25. The summed E-state index contributed by atoms with van der Waals surface area (Å²) >= 11 is 1.35. The van der Waals surface area contributed by atoms with Crippen molar-refractivity contribution in [1.29, 1.82) is 0 Å². The normalized spacial score (nSPS) is 18.2. The zero-order valence-electron chi connectivity index (χ0n) is 10.1. The molecule has 1 atom stereocenters. The van der Waals surface area contributed by atoms with E-state index in [4.69, 9.17) is 0 Å². The van der Waals surface area contributed by atoms with Gasteiger partial charge in [-0.05, 0) is 24.3 Å². The third-order valence-electron chi connectivity index (χ3n) is 3.34. The minimum atomic E-state index is -0.999. The van der Waals surface area contributed by atoms with Crippen molar-refractivity contribution < 1.29 is 14.7 Å². The molecule has 1 aromatic heterocycles. The van der Waals surface area contributed by atoms with Gasteiger partial charge in [-0.3, -0.25) is 4.79 Å². The van der Waals surface area contributed by atoms with Crippen molar-refractivity contribution >= 4 is 23.2 Å². The van der Waals surface area contributed by atoms with Crippen LogP contribution in [0.15, 0.2) is 17.5 Å². The monoisotopic (exact) mass is 267 g/mol. The summed E-state index contributed by atoms with van der Waals surface area (Å²) in [4.78, 5) is 23.9. The molecule has 98 valence electrons. The van der Waals surface area contributed by atoms with Crippen molar-refractivity contribution in [2.45, 2.75) is 38.1 Å². The Hall–Kier alpha value is -1.36. The second kappa shape index (κ2) is 6.00. The van der Waals surface area contributed by atoms with E-state index in [2.05, 4.69) is 5.32 Å². The van der Waals surface area contributed by atoms with Crippen molar-refractivity contribution in [2.24, 2.45) is 5.92 Å². The molecule has 0 bridgehead atoms. The van der Waals surface area contributed by atoms with Crippen LogP contribution in [0.3, 0.4) is 0 Å². The van der Waals surface area contributed by atoms with E-state index in [0.29, 0.717) is 4.88 Å². The van der Waals surface area contributed by atoms with Crippen molar-refractivity contribution in [1.82, 2.24) is 5.32 Å². The first kappa shape index (κ1) is 13.1. The number of carboxylic acid groups (broad SMARTS) is 1. The van der Waals surface area contributed by atoms with Crippen LogP contribution in [0.4, 0.5) is 0 Å². The van der Waals surface area contributed by atoms with E-state index in [0.717, 1.165) is 25.7 Å². The highest BCUT2D eigenvalue weighted by molar-refractivity contribution is 7.10. The van der Waals surface area contributed by atoms with Gasteiger partial charge in [0.1, 0.15) is 0 Å². The lowest BCUT2D eigenvalue weighted by Crippen LogP contribution is -2.38. The average molecular weight is 267 g/mol. The molecule has 1 fully saturated rings. The van der Waals surface area contributed by atoms with Crippen molar-refractivity contribution in [3.63, 3.8) is 0 Å². The molecule has 4 nitrogen and oxygen atoms in total. The topological polar surface area (TPSA) is 66.4 Å². The van der Waals surface area contributed by atoms with Crippen LogP contribution in [-0.2, 0) is 9.59 Å². The Morgan fingerprint density at radius 3 is 2.61 bits per heavy atom. The maximum atomic E-state index is 12.0. The molecule has 0 radical (unpaired) electrons. The van der Waals surface area contributed by atoms with Gasteiger partial charge < -0.3 is 10.4 Å². The van der Waals surface area contributed by atoms with Crippen molar-refractivity contribution in [3.05, 3.63) is 22.4 Å². The predicted octanol–water partition coefficient (Wildman–Crippen LogP) is 2.57. The molecule has 1 amide bonds. The van der Waals surface area contributed by atoms with Crippen LogP contribution in [0.5, 0.6) is 0 Å². The summed E-state index contributed by atoms with van der Waals surface area (Å²) in [6.45, 7) is 0. The molecular weight excluding hydrogens is 250 g/mol. The number of thiophene rings is 1. The van der Waals surface area contributed by atoms with Crippen LogP contribution in [0.1, 0.15) is 43.0 Å². The minimum Gasteiger partial charge on any atom is -0.479 e. The molecule has 0 aliphatic heterocycles. The molecule has 0 spiro atoms. The Morgan fingerprint density at radius 2 is 2.06 bits per heavy atom. The van der Waals surface area contributed by atoms with Crippen molar-refractivity contribution in [2.75, 3.05) is 0 Å². The van der Waals surface area contributed by atoms with Crippen LogP contribution in [0.25, 0.3) is 0 Å². The highest BCUT2D eigenvalue weighted by Gasteiger charge is 2.27. The summed E-state index contributed by atoms with van der Waals surface area (Å²) < 4.78 is 0. The maximum Gasteiger partial charge on any atom is 0.331 e. The van der Waals surface area contributed by atoms with Gasteiger partial charge in [0.05, 0.1) is 0 Å². The average Bonchev–Trinajstić information content (AvgIpc) is 2.90. The quantitative estimate of drug-likeness (QED) is 0.881. The summed E-state index contributed by atoms with van der Waals surface area (Å²) in [6.07, 6.45) is 5.06. The van der Waals surface area contributed by atoms with Gasteiger partial charge in [-0.25, -0.2) is 4.79 Å². The van der Waals surface area contributed by atoms with Crippen LogP contribution in [0.2, 0.25) is 0 Å². The number of hydrogen-bond donors (Lipinski definition) is 2. The number of nitrogens with one attached hydrogen (secondary N) is 1. The van der Waals surface area contributed by atoms with E-state index < -0.39 is 12.0 Å². The lowest BCUT2D eigenvalue weighted by molar-refractivity contribution is -0.142. The van der Waals surface area contributed by atoms with E-state index >= 15 is 0 Å². The molecule has 18 heavy (non-hydrogen) atoms. The Bertz CT molecular complexity index is 410. The molecule has 5 heteroatoms. The van der Waals surface area contributed by atoms with Gasteiger partial charge in [0, 0.05) is 10.8 Å². The number of amides is 1. The number of carbonyl (C=O) groups is 2. The second-order valence-corrected chi connectivity index (χ2v) is 5.61. The summed E-state index contributed by atoms with van der Waals surface area (Å²) in [7, 11) is 0. The first-order valence-corrected chi connectivity index (χ1v) is 7.13. The highest BCUT2D eigenvalue weighted by atomic mass is 32.1. The molecule has 1 heterocycles. The lowest BCUT2D eigenvalue weighted by atomic mass is 9.88. The zero-order chi connectivity index (χ0) is 13.0. The van der Waals surface area contributed by atoms with E-state index in [9.17, 15) is 14.7 Å². The van der Waals surface area contributed by atoms with Gasteiger partial charge in [0.15, 0.2) is 6.04 Å². The highest BCUT2D eigenvalue weighted by Crippen LogP contribution is 2.25. The van der Waals surface area contributed by atoms with Crippen molar-refractivity contribution in [3.8, 4) is 0 Å². The fraction of sp³-hybridized carbons (Fsp3) is 0.538. The van der Waals surface area contributed by atoms with Gasteiger partial charge in [0.25, 0.3) is 0 Å². The molecular formula is C13H17NO3S. The zero-order valence-corrected chi connectivity index (χ0v) is 10.9. The molecule has 1 aliphatic rings. The fourth-order valence-electron chi connectivity index (χ4n) is 2.33. The van der Waals surface area contributed by atoms with Gasteiger partial charge in [-0.2, -0.15) is 0 Å². The lowest BCUT2D eigenvalue weighted by Gasteiger charge is -2.22. The molecule has 1 aromatic rings. The van der Waals surface area contributed by atoms with E-state index in [1.807, 2.05) is 5.38 Å². The van der Waals surface area contributed by atoms with Gasteiger partial charge in [0.2, 0.25) is 5.91 Å². The van der Waals surface area contributed by atoms with E-state index in [1.54, 1.807) is 12.1 Å². The number of carbonyl (C=O) groups excluding carboxylic acids is 1. The number of aliphatic carboxylic acids is 1. The summed E-state index contributed by atoms with van der Waals surface area (Å²) in [6, 6.07) is 2.63. The van der Waals surface area contributed by atoms with Crippen LogP contribution in [-0.4, -0.2) is 17.0 Å². The van der Waals surface area contributed by atoms with Crippen LogP contribution < -0.4 is 5.32 Å². The number of rotatable bonds is 4. The Morgan fingerprint density at radius 1 is 1.33 bits per heavy atom. The van der Waals surface area contributed by atoms with E-state index in [-0.39, 0.29) is 11.8 Å². The maximum absolute atomic E-state index is 12.0. The minimum absolute atomic E-state index is 0.0134. The third-order valence-corrected chi connectivity index (χ3v) is 4.27. The summed E-state index contributed by atoms with van der Waals surface area (Å²) in [5, 5.41) is 13.7. The molecule has 1 saturated carbocycles. The Balaban J connectivity index is 2.00. The predicted molar refractivity (Wildman–Crippen MR) is 69.4 cm³/mol. The van der Waals surface area contributed by atoms with E-state index in [1.165, 1.54) is 17.8 Å². The number of hydrogen-bond acceptors (Lipinski definition) is 3. The Labute approximate surface area is 110 Å². The molecule has 0 aromatic carbocycles. The second-order valence-electron chi connectivity index (χ2n) is 4.63. The number of carboxylic acids is 1. The molecule has 1 unspecified atom stereocenters. The molecule has 2 N–H and O–H groups in total. The smallest absolute Gasteiger partial charge is 0.331 e. The molecule has 0 saturated heterocycles. The third kappa shape index (κ3) is 3.10. The molecule has 1 aliphatic carbocycles. The molecule has 2 rings (SSSR count). The van der Waals surface area contributed by atoms with Gasteiger partial charge >= 0.3 is 5.97 Å². The van der Waals surface area contributed by atoms with Crippen LogP contribution in [0, 0.1) is 5.92 Å².